The van der Waals surface area contributed by atoms with Crippen LogP contribution in [0.3, 0.4) is 0 Å². The van der Waals surface area contributed by atoms with Crippen LogP contribution in [0, 0.1) is 0 Å². The number of para-hydroxylation sites is 2. The molecule has 0 N–H and O–H groups in total. The van der Waals surface area contributed by atoms with Crippen molar-refractivity contribution in [1.29, 1.82) is 0 Å². The molecule has 0 saturated heterocycles. The zero-order chi connectivity index (χ0) is 30.2. The van der Waals surface area contributed by atoms with Gasteiger partial charge in [-0.15, -0.1) is 4.68 Å². The predicted octanol–water partition coefficient (Wildman–Crippen LogP) is 6.80. The minimum Gasteiger partial charge on any atom is -0.307 e. The largest absolute Gasteiger partial charge is 0.394 e. The van der Waals surface area contributed by atoms with Crippen molar-refractivity contribution in [3.63, 3.8) is 0 Å². The molecular formula is C40H23N7+2. The lowest BCUT2D eigenvalue weighted by Crippen LogP contribution is -2.76. The third kappa shape index (κ3) is 2.27. The van der Waals surface area contributed by atoms with Crippen molar-refractivity contribution in [2.75, 3.05) is 0 Å². The Morgan fingerprint density at radius 2 is 1.40 bits per heavy atom. The summed E-state index contributed by atoms with van der Waals surface area (Å²) >= 11 is 0. The molecule has 3 aliphatic rings. The predicted molar refractivity (Wildman–Crippen MR) is 181 cm³/mol. The topological polar surface area (TPSA) is 39.9 Å². The third-order valence-electron chi connectivity index (χ3n) is 11.0. The summed E-state index contributed by atoms with van der Waals surface area (Å²) < 4.78 is 14.6. The molecule has 0 saturated carbocycles. The highest BCUT2D eigenvalue weighted by Gasteiger charge is 2.68. The van der Waals surface area contributed by atoms with Gasteiger partial charge in [-0.05, 0) is 72.8 Å². The minimum atomic E-state index is -0.668. The van der Waals surface area contributed by atoms with Gasteiger partial charge in [-0.1, -0.05) is 41.1 Å². The van der Waals surface area contributed by atoms with E-state index in [1.165, 1.54) is 71.9 Å². The fourth-order valence-electron chi connectivity index (χ4n) is 9.42. The number of pyridine rings is 1. The van der Waals surface area contributed by atoms with Gasteiger partial charge in [0.2, 0.25) is 6.20 Å². The van der Waals surface area contributed by atoms with Gasteiger partial charge < -0.3 is 8.97 Å². The van der Waals surface area contributed by atoms with E-state index in [0.717, 1.165) is 16.9 Å². The van der Waals surface area contributed by atoms with Gasteiger partial charge in [0.15, 0.2) is 5.69 Å². The van der Waals surface area contributed by atoms with Gasteiger partial charge in [0.25, 0.3) is 0 Å². The number of rotatable bonds is 1. The smallest absolute Gasteiger partial charge is 0.307 e. The van der Waals surface area contributed by atoms with Gasteiger partial charge in [-0.2, -0.15) is 9.13 Å². The number of nitrogens with zero attached hydrogens (tertiary/aromatic N) is 7. The molecule has 1 atom stereocenters. The van der Waals surface area contributed by atoms with Crippen LogP contribution < -0.4 is 9.25 Å². The Labute approximate surface area is 266 Å². The lowest BCUT2D eigenvalue weighted by molar-refractivity contribution is -0.987. The monoisotopic (exact) mass is 601 g/mol. The molecule has 3 aliphatic heterocycles. The molecule has 13 rings (SSSR count). The van der Waals surface area contributed by atoms with Gasteiger partial charge in [-0.3, -0.25) is 0 Å². The second-order valence-corrected chi connectivity index (χ2v) is 13.0. The van der Waals surface area contributed by atoms with Gasteiger partial charge in [0.05, 0.1) is 45.8 Å². The highest BCUT2D eigenvalue weighted by atomic mass is 15.5. The first-order valence-corrected chi connectivity index (χ1v) is 16.1. The second kappa shape index (κ2) is 7.32. The average Bonchev–Trinajstić information content (AvgIpc) is 3.93. The molecule has 47 heavy (non-hydrogen) atoms. The quantitative estimate of drug-likeness (QED) is 0.191. The van der Waals surface area contributed by atoms with Crippen LogP contribution in [0.25, 0.3) is 77.7 Å². The molecule has 1 unspecified atom stereocenters. The van der Waals surface area contributed by atoms with Crippen molar-refractivity contribution in [3.05, 3.63) is 151 Å². The van der Waals surface area contributed by atoms with E-state index in [2.05, 4.69) is 160 Å². The molecule has 10 aromatic rings. The van der Waals surface area contributed by atoms with Gasteiger partial charge in [0.1, 0.15) is 28.0 Å². The molecule has 0 fully saturated rings. The number of benzene rings is 4. The molecule has 0 aliphatic carbocycles. The van der Waals surface area contributed by atoms with E-state index in [9.17, 15) is 0 Å². The van der Waals surface area contributed by atoms with Crippen molar-refractivity contribution in [2.24, 2.45) is 0 Å². The maximum absolute atomic E-state index is 4.61. The number of hydrogen-bond donors (Lipinski definition) is 0. The molecule has 0 bridgehead atoms. The van der Waals surface area contributed by atoms with E-state index < -0.39 is 5.66 Å². The zero-order valence-corrected chi connectivity index (χ0v) is 24.9. The van der Waals surface area contributed by atoms with Crippen LogP contribution in [0.5, 0.6) is 0 Å². The van der Waals surface area contributed by atoms with Gasteiger partial charge in [-0.25, -0.2) is 4.98 Å². The summed E-state index contributed by atoms with van der Waals surface area (Å²) in [5.41, 5.74) is 13.7. The summed E-state index contributed by atoms with van der Waals surface area (Å²) in [5.74, 6) is 0. The van der Waals surface area contributed by atoms with Gasteiger partial charge in [0, 0.05) is 28.6 Å². The van der Waals surface area contributed by atoms with E-state index in [1.807, 2.05) is 12.3 Å². The molecule has 7 heteroatoms. The highest BCUT2D eigenvalue weighted by molar-refractivity contribution is 6.13. The van der Waals surface area contributed by atoms with Crippen LogP contribution in [0.2, 0.25) is 0 Å². The van der Waals surface area contributed by atoms with Crippen LogP contribution in [-0.4, -0.2) is 23.2 Å². The fourth-order valence-corrected chi connectivity index (χ4v) is 9.42. The van der Waals surface area contributed by atoms with E-state index in [1.54, 1.807) is 0 Å². The summed E-state index contributed by atoms with van der Waals surface area (Å²) in [7, 11) is 0. The van der Waals surface area contributed by atoms with Crippen LogP contribution in [0.15, 0.2) is 140 Å². The van der Waals surface area contributed by atoms with Gasteiger partial charge >= 0.3 is 11.3 Å². The summed E-state index contributed by atoms with van der Waals surface area (Å²) in [6, 6.07) is 40.0. The molecule has 6 aromatic heterocycles. The standard InChI is InChI=1S/C40H23N7/c1-3-11-30-25(8-1)27-15-16-32-37-38(27)46(30)33-13-5-14-34-36(33)40(37,43-21-6-10-28-26-9-2-4-12-31(26)47(34)39(28)43)45-23-24(22-44(32)45)29-17-18-35-41-19-7-20-42(29)35/h1-23H/q+2. The van der Waals surface area contributed by atoms with E-state index >= 15 is 0 Å². The maximum atomic E-state index is 4.61. The summed E-state index contributed by atoms with van der Waals surface area (Å²) in [5, 5.41) is 5.07. The zero-order valence-electron chi connectivity index (χ0n) is 24.9. The Kier molecular flexibility index (Phi) is 3.58. The highest BCUT2D eigenvalue weighted by Crippen LogP contribution is 2.53. The molecule has 7 nitrogen and oxygen atoms in total. The molecule has 4 aromatic carbocycles. The Hall–Kier alpha value is -6.47. The first-order valence-electron chi connectivity index (χ1n) is 16.1. The van der Waals surface area contributed by atoms with Crippen molar-refractivity contribution < 1.29 is 9.25 Å². The van der Waals surface area contributed by atoms with Crippen LogP contribution in [0.4, 0.5) is 0 Å². The Morgan fingerprint density at radius 3 is 2.30 bits per heavy atom. The number of aromatic nitrogens is 7. The van der Waals surface area contributed by atoms with E-state index in [4.69, 9.17) is 0 Å². The van der Waals surface area contributed by atoms with Crippen molar-refractivity contribution in [3.8, 4) is 28.3 Å². The number of fused-ring (bicyclic) bond motifs is 11. The van der Waals surface area contributed by atoms with E-state index in [-0.39, 0.29) is 0 Å². The van der Waals surface area contributed by atoms with Crippen molar-refractivity contribution in [1.82, 2.24) is 23.2 Å². The Balaban J connectivity index is 1.30. The van der Waals surface area contributed by atoms with Crippen LogP contribution >= 0.6 is 0 Å². The van der Waals surface area contributed by atoms with Crippen molar-refractivity contribution >= 4 is 49.4 Å². The van der Waals surface area contributed by atoms with Crippen molar-refractivity contribution in [2.45, 2.75) is 5.66 Å². The summed E-state index contributed by atoms with van der Waals surface area (Å²) in [4.78, 5) is 4.61. The lowest BCUT2D eigenvalue weighted by atomic mass is 9.83. The van der Waals surface area contributed by atoms with Crippen LogP contribution in [0.1, 0.15) is 11.1 Å². The normalized spacial score (nSPS) is 16.6. The lowest BCUT2D eigenvalue weighted by Gasteiger charge is -2.33. The molecule has 216 valence electrons. The maximum Gasteiger partial charge on any atom is 0.394 e. The minimum absolute atomic E-state index is 0.668. The van der Waals surface area contributed by atoms with Crippen LogP contribution in [-0.2, 0) is 5.66 Å². The molecular weight excluding hydrogens is 578 g/mol. The number of hydrogen-bond acceptors (Lipinski definition) is 1. The molecule has 1 spiro atoms. The van der Waals surface area contributed by atoms with E-state index in [0.29, 0.717) is 0 Å². The Morgan fingerprint density at radius 1 is 0.617 bits per heavy atom. The molecule has 0 amide bonds. The Bertz CT molecular complexity index is 3080. The molecule has 9 heterocycles. The third-order valence-corrected chi connectivity index (χ3v) is 11.0. The average molecular weight is 602 g/mol. The summed E-state index contributed by atoms with van der Waals surface area (Å²) in [6.45, 7) is 0. The second-order valence-electron chi connectivity index (χ2n) is 13.0. The summed E-state index contributed by atoms with van der Waals surface area (Å²) in [6.07, 6.45) is 10.9. The first-order chi connectivity index (χ1) is 23.3. The first kappa shape index (κ1) is 23.0. The fraction of sp³-hybridized carbons (Fsp3) is 0.0250. The SMILES string of the molecule is c1cc2c3c(c1)-n1c4ccccc4c4ccc[n+](c41)C31c3c(ccc4c5ccccc5n-2c34)-n2cc(-c3ccc4ncccn34)c[n+]21. The molecule has 0 radical (unpaired) electrons.